The topological polar surface area (TPSA) is 47.6 Å². The van der Waals surface area contributed by atoms with Gasteiger partial charge < -0.3 is 14.8 Å². The summed E-state index contributed by atoms with van der Waals surface area (Å²) in [6, 6.07) is 0. The van der Waals surface area contributed by atoms with Crippen molar-refractivity contribution < 1.29 is 14.3 Å². The molecule has 1 atom stereocenters. The number of thioether (sulfide) groups is 1. The lowest BCUT2D eigenvalue weighted by Gasteiger charge is -2.25. The van der Waals surface area contributed by atoms with Crippen molar-refractivity contribution in [2.24, 2.45) is 0 Å². The molecule has 0 spiro atoms. The first-order valence-corrected chi connectivity index (χ1v) is 6.10. The SMILES string of the molecule is CNC(C)(CCSCCOC)C(=O)OC. The van der Waals surface area contributed by atoms with Gasteiger partial charge in [-0.3, -0.25) is 4.79 Å². The van der Waals surface area contributed by atoms with Crippen molar-refractivity contribution in [3.05, 3.63) is 0 Å². The van der Waals surface area contributed by atoms with E-state index < -0.39 is 5.54 Å². The van der Waals surface area contributed by atoms with Crippen LogP contribution in [0.5, 0.6) is 0 Å². The van der Waals surface area contributed by atoms with Crippen LogP contribution in [0.3, 0.4) is 0 Å². The number of carbonyl (C=O) groups is 1. The van der Waals surface area contributed by atoms with Gasteiger partial charge in [0.2, 0.25) is 0 Å². The molecule has 0 saturated heterocycles. The Morgan fingerprint density at radius 2 is 2.07 bits per heavy atom. The van der Waals surface area contributed by atoms with Crippen molar-refractivity contribution >= 4 is 17.7 Å². The van der Waals surface area contributed by atoms with Crippen molar-refractivity contribution in [2.75, 3.05) is 39.4 Å². The third kappa shape index (κ3) is 5.39. The average molecular weight is 235 g/mol. The second-order valence-electron chi connectivity index (χ2n) is 3.43. The summed E-state index contributed by atoms with van der Waals surface area (Å²) >= 11 is 1.78. The molecule has 4 nitrogen and oxygen atoms in total. The molecule has 5 heteroatoms. The predicted octanol–water partition coefficient (Wildman–Crippen LogP) is 0.907. The van der Waals surface area contributed by atoms with Crippen molar-refractivity contribution in [3.63, 3.8) is 0 Å². The molecule has 0 amide bonds. The predicted molar refractivity (Wildman–Crippen MR) is 63.3 cm³/mol. The van der Waals surface area contributed by atoms with E-state index in [4.69, 9.17) is 9.47 Å². The van der Waals surface area contributed by atoms with E-state index in [1.54, 1.807) is 25.9 Å². The van der Waals surface area contributed by atoms with Crippen LogP contribution in [0.15, 0.2) is 0 Å². The molecule has 0 saturated carbocycles. The van der Waals surface area contributed by atoms with Crippen LogP contribution in [0.1, 0.15) is 13.3 Å². The Morgan fingerprint density at radius 3 is 2.53 bits per heavy atom. The lowest BCUT2D eigenvalue weighted by Crippen LogP contribution is -2.48. The van der Waals surface area contributed by atoms with Gasteiger partial charge in [-0.2, -0.15) is 11.8 Å². The lowest BCUT2D eigenvalue weighted by atomic mass is 10.00. The summed E-state index contributed by atoms with van der Waals surface area (Å²) in [5.41, 5.74) is -0.575. The molecule has 0 heterocycles. The molecule has 0 aromatic heterocycles. The second kappa shape index (κ2) is 7.96. The summed E-state index contributed by atoms with van der Waals surface area (Å²) in [4.78, 5) is 11.5. The van der Waals surface area contributed by atoms with E-state index in [-0.39, 0.29) is 5.97 Å². The Kier molecular flexibility index (Phi) is 7.82. The molecule has 0 fully saturated rings. The fraction of sp³-hybridized carbons (Fsp3) is 0.900. The lowest BCUT2D eigenvalue weighted by molar-refractivity contribution is -0.147. The van der Waals surface area contributed by atoms with Crippen LogP contribution in [0, 0.1) is 0 Å². The van der Waals surface area contributed by atoms with Crippen molar-refractivity contribution in [2.45, 2.75) is 18.9 Å². The standard InChI is InChI=1S/C10H21NO3S/c1-10(11-2,9(12)14-4)5-7-15-8-6-13-3/h11H,5-8H2,1-4H3. The van der Waals surface area contributed by atoms with Gasteiger partial charge in [0.05, 0.1) is 13.7 Å². The highest BCUT2D eigenvalue weighted by molar-refractivity contribution is 7.99. The molecule has 0 radical (unpaired) electrons. The Bertz CT molecular complexity index is 190. The van der Waals surface area contributed by atoms with Crippen LogP contribution >= 0.6 is 11.8 Å². The van der Waals surface area contributed by atoms with Crippen LogP contribution in [-0.4, -0.2) is 50.9 Å². The number of hydrogen-bond acceptors (Lipinski definition) is 5. The minimum absolute atomic E-state index is 0.211. The number of ether oxygens (including phenoxy) is 2. The monoisotopic (exact) mass is 235 g/mol. The van der Waals surface area contributed by atoms with Gasteiger partial charge in [0.1, 0.15) is 5.54 Å². The number of rotatable bonds is 8. The number of carbonyl (C=O) groups excluding carboxylic acids is 1. The van der Waals surface area contributed by atoms with Crippen LogP contribution in [-0.2, 0) is 14.3 Å². The van der Waals surface area contributed by atoms with Crippen LogP contribution in [0.25, 0.3) is 0 Å². The quantitative estimate of drug-likeness (QED) is 0.500. The van der Waals surface area contributed by atoms with E-state index >= 15 is 0 Å². The van der Waals surface area contributed by atoms with Crippen molar-refractivity contribution in [1.82, 2.24) is 5.32 Å². The summed E-state index contributed by atoms with van der Waals surface area (Å²) in [5, 5.41) is 3.00. The van der Waals surface area contributed by atoms with Gasteiger partial charge in [0, 0.05) is 12.9 Å². The van der Waals surface area contributed by atoms with Crippen LogP contribution in [0.4, 0.5) is 0 Å². The molecule has 0 aliphatic heterocycles. The van der Waals surface area contributed by atoms with E-state index in [2.05, 4.69) is 5.32 Å². The zero-order valence-corrected chi connectivity index (χ0v) is 10.8. The minimum Gasteiger partial charge on any atom is -0.468 e. The number of nitrogens with one attached hydrogen (secondary N) is 1. The second-order valence-corrected chi connectivity index (χ2v) is 4.65. The Balaban J connectivity index is 3.83. The van der Waals surface area contributed by atoms with Gasteiger partial charge in [-0.1, -0.05) is 0 Å². The van der Waals surface area contributed by atoms with Gasteiger partial charge in [-0.25, -0.2) is 0 Å². The zero-order valence-electron chi connectivity index (χ0n) is 9.96. The summed E-state index contributed by atoms with van der Waals surface area (Å²) in [5.74, 6) is 1.66. The highest BCUT2D eigenvalue weighted by Gasteiger charge is 2.31. The van der Waals surface area contributed by atoms with Gasteiger partial charge >= 0.3 is 5.97 Å². The van der Waals surface area contributed by atoms with Crippen LogP contribution < -0.4 is 5.32 Å². The highest BCUT2D eigenvalue weighted by Crippen LogP contribution is 2.15. The molecule has 1 unspecified atom stereocenters. The first-order chi connectivity index (χ1) is 7.10. The fourth-order valence-electron chi connectivity index (χ4n) is 1.07. The normalized spacial score (nSPS) is 14.7. The summed E-state index contributed by atoms with van der Waals surface area (Å²) in [6.07, 6.45) is 0.755. The summed E-state index contributed by atoms with van der Waals surface area (Å²) in [7, 11) is 4.87. The Hall–Kier alpha value is -0.260. The Morgan fingerprint density at radius 1 is 1.40 bits per heavy atom. The molecule has 0 bridgehead atoms. The molecule has 1 N–H and O–H groups in total. The molecular weight excluding hydrogens is 214 g/mol. The number of likely N-dealkylation sites (N-methyl/N-ethyl adjacent to an activating group) is 1. The molecule has 0 rings (SSSR count). The van der Waals surface area contributed by atoms with Crippen molar-refractivity contribution in [1.29, 1.82) is 0 Å². The minimum atomic E-state index is -0.575. The maximum Gasteiger partial charge on any atom is 0.325 e. The first kappa shape index (κ1) is 14.7. The molecule has 15 heavy (non-hydrogen) atoms. The maximum absolute atomic E-state index is 11.5. The fourth-order valence-corrected chi connectivity index (χ4v) is 2.12. The van der Waals surface area contributed by atoms with E-state index in [0.29, 0.717) is 0 Å². The molecular formula is C10H21NO3S. The van der Waals surface area contributed by atoms with Gasteiger partial charge in [-0.15, -0.1) is 0 Å². The van der Waals surface area contributed by atoms with Crippen molar-refractivity contribution in [3.8, 4) is 0 Å². The molecule has 0 aromatic rings. The maximum atomic E-state index is 11.5. The van der Waals surface area contributed by atoms with E-state index in [0.717, 1.165) is 24.5 Å². The molecule has 90 valence electrons. The average Bonchev–Trinajstić information content (AvgIpc) is 2.27. The summed E-state index contributed by atoms with van der Waals surface area (Å²) in [6.45, 7) is 2.61. The smallest absolute Gasteiger partial charge is 0.325 e. The van der Waals surface area contributed by atoms with E-state index in [1.165, 1.54) is 7.11 Å². The third-order valence-electron chi connectivity index (χ3n) is 2.37. The molecule has 0 aliphatic rings. The Labute approximate surface area is 96.1 Å². The third-order valence-corrected chi connectivity index (χ3v) is 3.31. The highest BCUT2D eigenvalue weighted by atomic mass is 32.2. The van der Waals surface area contributed by atoms with Crippen LogP contribution in [0.2, 0.25) is 0 Å². The molecule has 0 aromatic carbocycles. The summed E-state index contributed by atoms with van der Waals surface area (Å²) < 4.78 is 9.69. The molecule has 0 aliphatic carbocycles. The van der Waals surface area contributed by atoms with Gasteiger partial charge in [0.25, 0.3) is 0 Å². The van der Waals surface area contributed by atoms with Gasteiger partial charge in [-0.05, 0) is 26.1 Å². The first-order valence-electron chi connectivity index (χ1n) is 4.94. The number of esters is 1. The largest absolute Gasteiger partial charge is 0.468 e. The number of hydrogen-bond donors (Lipinski definition) is 1. The number of methoxy groups -OCH3 is 2. The van der Waals surface area contributed by atoms with Gasteiger partial charge in [0.15, 0.2) is 0 Å². The zero-order chi connectivity index (χ0) is 11.7. The van der Waals surface area contributed by atoms with E-state index in [9.17, 15) is 4.79 Å². The van der Waals surface area contributed by atoms with E-state index in [1.807, 2.05) is 6.92 Å².